The Hall–Kier alpha value is -0.830. The summed E-state index contributed by atoms with van der Waals surface area (Å²) in [5.41, 5.74) is -4.20. The van der Waals surface area contributed by atoms with Gasteiger partial charge in [-0.3, -0.25) is 0 Å². The van der Waals surface area contributed by atoms with Crippen LogP contribution in [0.1, 0.15) is 75.2 Å². The van der Waals surface area contributed by atoms with E-state index >= 15 is 0 Å². The number of carbonyl (C=O) groups is 1. The van der Waals surface area contributed by atoms with E-state index in [0.717, 1.165) is 12.8 Å². The zero-order valence-corrected chi connectivity index (χ0v) is 16.4. The van der Waals surface area contributed by atoms with Gasteiger partial charge in [0.25, 0.3) is 0 Å². The smallest absolute Gasteiger partial charge is 0.336 e. The topological polar surface area (TPSA) is 57.5 Å². The Morgan fingerprint density at radius 1 is 0.957 bits per heavy atom. The average Bonchev–Trinajstić information content (AvgIpc) is 2.87. The third kappa shape index (κ3) is 2.65. The quantitative estimate of drug-likeness (QED) is 0.724. The molecule has 0 amide bonds. The van der Waals surface area contributed by atoms with Crippen LogP contribution >= 0.6 is 0 Å². The number of aliphatic carboxylic acids is 1. The van der Waals surface area contributed by atoms with Gasteiger partial charge in [-0.05, 0) is 29.6 Å². The molecule has 0 aliphatic heterocycles. The highest BCUT2D eigenvalue weighted by molar-refractivity contribution is 5.80. The minimum Gasteiger partial charge on any atom is -0.479 e. The minimum atomic E-state index is -1.85. The first-order valence-corrected chi connectivity index (χ1v) is 8.67. The highest BCUT2D eigenvalue weighted by Crippen LogP contribution is 2.63. The molecule has 0 aromatic heterocycles. The Bertz CT molecular complexity index is 490. The second-order valence-corrected chi connectivity index (χ2v) is 9.95. The maximum Gasteiger partial charge on any atom is 0.336 e. The van der Waals surface area contributed by atoms with Gasteiger partial charge in [0.1, 0.15) is 0 Å². The standard InChI is InChI=1S/C20H36O3/c1-16(2,3)18(7,8)20(23,15(21)22)19(9,17(4,5)6)14-12-10-11-13-14/h10,12,14,23H,11,13H2,1-9H3,(H,21,22). The van der Waals surface area contributed by atoms with E-state index in [1.54, 1.807) is 0 Å². The number of rotatable bonds is 4. The molecule has 0 spiro atoms. The van der Waals surface area contributed by atoms with Crippen molar-refractivity contribution in [2.45, 2.75) is 80.8 Å². The lowest BCUT2D eigenvalue weighted by Gasteiger charge is -2.62. The van der Waals surface area contributed by atoms with Crippen LogP contribution in [0.3, 0.4) is 0 Å². The first-order valence-electron chi connectivity index (χ1n) is 8.67. The molecular formula is C20H36O3. The van der Waals surface area contributed by atoms with Crippen molar-refractivity contribution in [2.75, 3.05) is 0 Å². The SMILES string of the molecule is CC(C)(C)C(C)(C)C(O)(C(=O)O)C(C)(C1C=CCC1)C(C)(C)C. The molecule has 134 valence electrons. The first kappa shape index (κ1) is 20.2. The first-order chi connectivity index (χ1) is 10.0. The van der Waals surface area contributed by atoms with Gasteiger partial charge in [-0.25, -0.2) is 4.79 Å². The number of allylic oxidation sites excluding steroid dienone is 2. The molecule has 3 heteroatoms. The zero-order chi connectivity index (χ0) is 18.5. The van der Waals surface area contributed by atoms with Gasteiger partial charge in [0, 0.05) is 10.8 Å². The summed E-state index contributed by atoms with van der Waals surface area (Å²) in [6, 6.07) is 0. The largest absolute Gasteiger partial charge is 0.479 e. The summed E-state index contributed by atoms with van der Waals surface area (Å²) in [4.78, 5) is 12.5. The number of hydrogen-bond donors (Lipinski definition) is 2. The van der Waals surface area contributed by atoms with Crippen LogP contribution in [0.4, 0.5) is 0 Å². The molecule has 0 radical (unpaired) electrons. The lowest BCUT2D eigenvalue weighted by Crippen LogP contribution is -2.70. The van der Waals surface area contributed by atoms with E-state index in [9.17, 15) is 15.0 Å². The lowest BCUT2D eigenvalue weighted by molar-refractivity contribution is -0.244. The average molecular weight is 325 g/mol. The predicted molar refractivity (Wildman–Crippen MR) is 95.2 cm³/mol. The molecule has 0 saturated heterocycles. The summed E-state index contributed by atoms with van der Waals surface area (Å²) < 4.78 is 0. The monoisotopic (exact) mass is 324 g/mol. The van der Waals surface area contributed by atoms with Crippen molar-refractivity contribution in [1.82, 2.24) is 0 Å². The van der Waals surface area contributed by atoms with Crippen molar-refractivity contribution in [3.63, 3.8) is 0 Å². The zero-order valence-electron chi connectivity index (χ0n) is 16.4. The van der Waals surface area contributed by atoms with Gasteiger partial charge in [0.05, 0.1) is 0 Å². The number of hydrogen-bond acceptors (Lipinski definition) is 2. The van der Waals surface area contributed by atoms with E-state index < -0.39 is 22.4 Å². The summed E-state index contributed by atoms with van der Waals surface area (Å²) >= 11 is 0. The molecule has 1 aliphatic rings. The number of carboxylic acids is 1. The third-order valence-corrected chi connectivity index (χ3v) is 7.15. The Kier molecular flexibility index (Phi) is 4.93. The second kappa shape index (κ2) is 5.61. The molecule has 1 rings (SSSR count). The maximum atomic E-state index is 12.5. The van der Waals surface area contributed by atoms with Crippen molar-refractivity contribution in [3.05, 3.63) is 12.2 Å². The predicted octanol–water partition coefficient (Wildman–Crippen LogP) is 4.89. The molecule has 0 aromatic rings. The Morgan fingerprint density at radius 3 is 1.70 bits per heavy atom. The van der Waals surface area contributed by atoms with Crippen LogP contribution in [0.2, 0.25) is 0 Å². The van der Waals surface area contributed by atoms with Crippen molar-refractivity contribution >= 4 is 5.97 Å². The van der Waals surface area contributed by atoms with Gasteiger partial charge in [0.2, 0.25) is 0 Å². The van der Waals surface area contributed by atoms with Gasteiger partial charge in [-0.2, -0.15) is 0 Å². The molecule has 1 aliphatic carbocycles. The van der Waals surface area contributed by atoms with Crippen molar-refractivity contribution in [2.24, 2.45) is 27.6 Å². The van der Waals surface area contributed by atoms with E-state index in [1.807, 2.05) is 62.3 Å². The van der Waals surface area contributed by atoms with Crippen LogP contribution in [0, 0.1) is 27.6 Å². The summed E-state index contributed by atoms with van der Waals surface area (Å²) in [5.74, 6) is -1.07. The molecule has 0 bridgehead atoms. The van der Waals surface area contributed by atoms with Gasteiger partial charge in [-0.15, -0.1) is 0 Å². The molecule has 0 heterocycles. The molecule has 0 saturated carbocycles. The number of carboxylic acid groups (broad SMARTS) is 1. The Balaban J connectivity index is 3.75. The fraction of sp³-hybridized carbons (Fsp3) is 0.850. The van der Waals surface area contributed by atoms with Gasteiger partial charge in [0.15, 0.2) is 5.60 Å². The molecule has 3 unspecified atom stereocenters. The van der Waals surface area contributed by atoms with Crippen LogP contribution < -0.4 is 0 Å². The van der Waals surface area contributed by atoms with Crippen molar-refractivity contribution in [3.8, 4) is 0 Å². The van der Waals surface area contributed by atoms with Crippen molar-refractivity contribution in [1.29, 1.82) is 0 Å². The number of aliphatic hydroxyl groups is 1. The van der Waals surface area contributed by atoms with Gasteiger partial charge < -0.3 is 10.2 Å². The van der Waals surface area contributed by atoms with Gasteiger partial charge in [-0.1, -0.05) is 74.5 Å². The Labute approximate surface area is 142 Å². The lowest BCUT2D eigenvalue weighted by atomic mass is 9.43. The van der Waals surface area contributed by atoms with Crippen LogP contribution in [-0.4, -0.2) is 21.8 Å². The summed E-state index contributed by atoms with van der Waals surface area (Å²) in [7, 11) is 0. The highest BCUT2D eigenvalue weighted by Gasteiger charge is 2.69. The van der Waals surface area contributed by atoms with E-state index in [4.69, 9.17) is 0 Å². The molecule has 0 aromatic carbocycles. The summed E-state index contributed by atoms with van der Waals surface area (Å²) in [5, 5.41) is 22.1. The second-order valence-electron chi connectivity index (χ2n) is 9.95. The van der Waals surface area contributed by atoms with E-state index in [1.165, 1.54) is 0 Å². The van der Waals surface area contributed by atoms with E-state index in [2.05, 4.69) is 12.2 Å². The molecule has 3 nitrogen and oxygen atoms in total. The van der Waals surface area contributed by atoms with Crippen LogP contribution in [-0.2, 0) is 4.79 Å². The van der Waals surface area contributed by atoms with E-state index in [-0.39, 0.29) is 16.7 Å². The van der Waals surface area contributed by atoms with Crippen LogP contribution in [0.15, 0.2) is 12.2 Å². The Morgan fingerprint density at radius 2 is 1.43 bits per heavy atom. The van der Waals surface area contributed by atoms with Crippen molar-refractivity contribution < 1.29 is 15.0 Å². The van der Waals surface area contributed by atoms with Gasteiger partial charge >= 0.3 is 5.97 Å². The normalized spacial score (nSPS) is 25.0. The molecular weight excluding hydrogens is 288 g/mol. The highest BCUT2D eigenvalue weighted by atomic mass is 16.4. The fourth-order valence-electron chi connectivity index (χ4n) is 4.16. The molecule has 3 atom stereocenters. The van der Waals surface area contributed by atoms with Crippen LogP contribution in [0.5, 0.6) is 0 Å². The summed E-state index contributed by atoms with van der Waals surface area (Å²) in [6.07, 6.45) is 6.06. The third-order valence-electron chi connectivity index (χ3n) is 7.15. The summed E-state index contributed by atoms with van der Waals surface area (Å²) in [6.45, 7) is 17.9. The molecule has 23 heavy (non-hydrogen) atoms. The van der Waals surface area contributed by atoms with E-state index in [0.29, 0.717) is 0 Å². The fourth-order valence-corrected chi connectivity index (χ4v) is 4.16. The molecule has 0 fully saturated rings. The molecule has 2 N–H and O–H groups in total. The minimum absolute atomic E-state index is 0.0465. The van der Waals surface area contributed by atoms with Crippen LogP contribution in [0.25, 0.3) is 0 Å². The maximum absolute atomic E-state index is 12.5.